The molecule has 2 amide bonds. The molecule has 2 atom stereocenters. The summed E-state index contributed by atoms with van der Waals surface area (Å²) in [7, 11) is 1.78. The fourth-order valence-electron chi connectivity index (χ4n) is 3.58. The van der Waals surface area contributed by atoms with Gasteiger partial charge in [-0.05, 0) is 50.6 Å². The van der Waals surface area contributed by atoms with Crippen molar-refractivity contribution in [2.45, 2.75) is 39.8 Å². The third kappa shape index (κ3) is 4.97. The van der Waals surface area contributed by atoms with Gasteiger partial charge in [0.05, 0.1) is 17.4 Å². The highest BCUT2D eigenvalue weighted by Gasteiger charge is 2.22. The van der Waals surface area contributed by atoms with Crippen LogP contribution >= 0.6 is 0 Å². The topological polar surface area (TPSA) is 97.2 Å². The lowest BCUT2D eigenvalue weighted by atomic mass is 10.1. The minimum Gasteiger partial charge on any atom is -0.326 e. The van der Waals surface area contributed by atoms with E-state index in [-0.39, 0.29) is 29.1 Å². The Labute approximate surface area is 187 Å². The van der Waals surface area contributed by atoms with Gasteiger partial charge in [-0.15, -0.1) is 0 Å². The SMILES string of the molecule is CC(=O)Nc1cccc(C(C)NC(C)C(=O)Nc2c(C)n(C)n(-c3ccccc3)c2=O)c1. The number of aromatic nitrogens is 2. The van der Waals surface area contributed by atoms with Crippen LogP contribution in [-0.4, -0.2) is 27.2 Å². The van der Waals surface area contributed by atoms with Crippen LogP contribution in [0.15, 0.2) is 59.4 Å². The third-order valence-electron chi connectivity index (χ3n) is 5.40. The van der Waals surface area contributed by atoms with Gasteiger partial charge in [-0.1, -0.05) is 30.3 Å². The first kappa shape index (κ1) is 23.0. The minimum absolute atomic E-state index is 0.144. The number of nitrogens with zero attached hydrogens (tertiary/aromatic N) is 2. The zero-order chi connectivity index (χ0) is 23.4. The van der Waals surface area contributed by atoms with Crippen molar-refractivity contribution < 1.29 is 9.59 Å². The van der Waals surface area contributed by atoms with E-state index >= 15 is 0 Å². The van der Waals surface area contributed by atoms with Gasteiger partial charge in [0.15, 0.2) is 0 Å². The molecule has 0 saturated carbocycles. The largest absolute Gasteiger partial charge is 0.326 e. The van der Waals surface area contributed by atoms with Gasteiger partial charge in [0.1, 0.15) is 5.69 Å². The Morgan fingerprint density at radius 3 is 2.31 bits per heavy atom. The summed E-state index contributed by atoms with van der Waals surface area (Å²) in [6.07, 6.45) is 0. The molecular weight excluding hydrogens is 406 g/mol. The van der Waals surface area contributed by atoms with Crippen molar-refractivity contribution in [2.24, 2.45) is 7.05 Å². The quantitative estimate of drug-likeness (QED) is 0.531. The molecule has 2 unspecified atom stereocenters. The predicted octanol–water partition coefficient (Wildman–Crippen LogP) is 3.12. The molecule has 1 heterocycles. The highest BCUT2D eigenvalue weighted by Crippen LogP contribution is 2.19. The molecule has 0 saturated heterocycles. The maximum absolute atomic E-state index is 13.0. The average molecular weight is 436 g/mol. The standard InChI is InChI=1S/C24H29N5O3/c1-15(19-10-9-11-20(14-19)26-18(4)30)25-16(2)23(31)27-22-17(3)28(5)29(24(22)32)21-12-7-6-8-13-21/h6-16,25H,1-5H3,(H,26,30)(H,27,31). The molecule has 0 aliphatic heterocycles. The number of rotatable bonds is 7. The highest BCUT2D eigenvalue weighted by molar-refractivity contribution is 5.95. The molecule has 0 aliphatic carbocycles. The van der Waals surface area contributed by atoms with Gasteiger partial charge in [-0.3, -0.25) is 24.4 Å². The summed E-state index contributed by atoms with van der Waals surface area (Å²) in [6.45, 7) is 6.94. The minimum atomic E-state index is -0.557. The Hall–Kier alpha value is -3.65. The van der Waals surface area contributed by atoms with E-state index in [4.69, 9.17) is 0 Å². The second kappa shape index (κ2) is 9.65. The number of carbonyl (C=O) groups excluding carboxylic acids is 2. The van der Waals surface area contributed by atoms with E-state index in [1.54, 1.807) is 25.6 Å². The van der Waals surface area contributed by atoms with Gasteiger partial charge in [-0.25, -0.2) is 4.68 Å². The van der Waals surface area contributed by atoms with E-state index in [9.17, 15) is 14.4 Å². The van der Waals surface area contributed by atoms with E-state index in [1.807, 2.05) is 61.5 Å². The Balaban J connectivity index is 1.74. The molecule has 2 aromatic carbocycles. The Bertz CT molecular complexity index is 1180. The third-order valence-corrected chi connectivity index (χ3v) is 5.40. The molecule has 0 bridgehead atoms. The van der Waals surface area contributed by atoms with Crippen molar-refractivity contribution in [3.8, 4) is 5.69 Å². The van der Waals surface area contributed by atoms with Gasteiger partial charge >= 0.3 is 0 Å². The fourth-order valence-corrected chi connectivity index (χ4v) is 3.58. The first-order chi connectivity index (χ1) is 15.2. The zero-order valence-electron chi connectivity index (χ0n) is 19.0. The van der Waals surface area contributed by atoms with Gasteiger partial charge in [0.25, 0.3) is 5.56 Å². The summed E-state index contributed by atoms with van der Waals surface area (Å²) in [5, 5.41) is 8.80. The van der Waals surface area contributed by atoms with Crippen molar-refractivity contribution in [3.63, 3.8) is 0 Å². The number of hydrogen-bond donors (Lipinski definition) is 3. The number of amides is 2. The zero-order valence-corrected chi connectivity index (χ0v) is 19.0. The maximum atomic E-state index is 13.0. The van der Waals surface area contributed by atoms with Crippen LogP contribution in [0, 0.1) is 6.92 Å². The molecule has 0 aliphatic rings. The van der Waals surface area contributed by atoms with Crippen molar-refractivity contribution in [1.82, 2.24) is 14.7 Å². The summed E-state index contributed by atoms with van der Waals surface area (Å²) in [5.41, 5.74) is 2.99. The molecule has 3 aromatic rings. The number of carbonyl (C=O) groups is 2. The highest BCUT2D eigenvalue weighted by atomic mass is 16.2. The molecule has 0 fully saturated rings. The van der Waals surface area contributed by atoms with Crippen LogP contribution < -0.4 is 21.5 Å². The Morgan fingerprint density at radius 1 is 0.969 bits per heavy atom. The van der Waals surface area contributed by atoms with Crippen LogP contribution in [0.25, 0.3) is 5.69 Å². The number of benzene rings is 2. The number of hydrogen-bond acceptors (Lipinski definition) is 4. The van der Waals surface area contributed by atoms with Crippen molar-refractivity contribution in [2.75, 3.05) is 10.6 Å². The van der Waals surface area contributed by atoms with E-state index in [2.05, 4.69) is 16.0 Å². The molecule has 8 nitrogen and oxygen atoms in total. The fraction of sp³-hybridized carbons (Fsp3) is 0.292. The molecular formula is C24H29N5O3. The van der Waals surface area contributed by atoms with Crippen LogP contribution in [0.2, 0.25) is 0 Å². The normalized spacial score (nSPS) is 12.8. The van der Waals surface area contributed by atoms with E-state index < -0.39 is 6.04 Å². The summed E-state index contributed by atoms with van der Waals surface area (Å²) in [4.78, 5) is 37.2. The van der Waals surface area contributed by atoms with E-state index in [0.717, 1.165) is 11.3 Å². The van der Waals surface area contributed by atoms with Crippen LogP contribution in [0.4, 0.5) is 11.4 Å². The molecule has 0 spiro atoms. The maximum Gasteiger partial charge on any atom is 0.295 e. The van der Waals surface area contributed by atoms with Gasteiger partial charge < -0.3 is 10.6 Å². The molecule has 1 aromatic heterocycles. The summed E-state index contributed by atoms with van der Waals surface area (Å²) in [5.74, 6) is -0.448. The van der Waals surface area contributed by atoms with Crippen LogP contribution in [0.3, 0.4) is 0 Å². The van der Waals surface area contributed by atoms with Crippen molar-refractivity contribution in [3.05, 3.63) is 76.2 Å². The van der Waals surface area contributed by atoms with E-state index in [1.165, 1.54) is 11.6 Å². The molecule has 8 heteroatoms. The first-order valence-corrected chi connectivity index (χ1v) is 10.5. The number of para-hydroxylation sites is 1. The second-order valence-electron chi connectivity index (χ2n) is 7.84. The predicted molar refractivity (Wildman–Crippen MR) is 126 cm³/mol. The lowest BCUT2D eigenvalue weighted by Crippen LogP contribution is -2.40. The van der Waals surface area contributed by atoms with Gasteiger partial charge in [-0.2, -0.15) is 0 Å². The molecule has 3 rings (SSSR count). The lowest BCUT2D eigenvalue weighted by molar-refractivity contribution is -0.118. The van der Waals surface area contributed by atoms with Crippen LogP contribution in [0.1, 0.15) is 38.1 Å². The first-order valence-electron chi connectivity index (χ1n) is 10.5. The average Bonchev–Trinajstić information content (AvgIpc) is 2.97. The summed E-state index contributed by atoms with van der Waals surface area (Å²) in [6, 6.07) is 16.0. The number of nitrogens with one attached hydrogen (secondary N) is 3. The number of anilines is 2. The molecule has 32 heavy (non-hydrogen) atoms. The Kier molecular flexibility index (Phi) is 6.95. The van der Waals surface area contributed by atoms with Crippen LogP contribution in [-0.2, 0) is 16.6 Å². The summed E-state index contributed by atoms with van der Waals surface area (Å²) >= 11 is 0. The Morgan fingerprint density at radius 2 is 1.66 bits per heavy atom. The molecule has 0 radical (unpaired) electrons. The monoisotopic (exact) mass is 435 g/mol. The molecule has 168 valence electrons. The van der Waals surface area contributed by atoms with E-state index in [0.29, 0.717) is 11.4 Å². The lowest BCUT2D eigenvalue weighted by Gasteiger charge is -2.20. The van der Waals surface area contributed by atoms with Gasteiger partial charge in [0.2, 0.25) is 11.8 Å². The van der Waals surface area contributed by atoms with Gasteiger partial charge in [0, 0.05) is 25.7 Å². The molecule has 3 N–H and O–H groups in total. The van der Waals surface area contributed by atoms with Crippen LogP contribution in [0.5, 0.6) is 0 Å². The smallest absolute Gasteiger partial charge is 0.295 e. The summed E-state index contributed by atoms with van der Waals surface area (Å²) < 4.78 is 3.25. The second-order valence-corrected chi connectivity index (χ2v) is 7.84. The van der Waals surface area contributed by atoms with Crippen molar-refractivity contribution in [1.29, 1.82) is 0 Å². The van der Waals surface area contributed by atoms with Crippen molar-refractivity contribution >= 4 is 23.2 Å².